The van der Waals surface area contributed by atoms with Gasteiger partial charge in [-0.25, -0.2) is 0 Å². The summed E-state index contributed by atoms with van der Waals surface area (Å²) in [5.74, 6) is 0.00384. The van der Waals surface area contributed by atoms with E-state index in [0.29, 0.717) is 18.0 Å². The molecule has 0 saturated heterocycles. The number of benzene rings is 1. The Morgan fingerprint density at radius 2 is 2.15 bits per heavy atom. The maximum Gasteiger partial charge on any atom is 0.251 e. The smallest absolute Gasteiger partial charge is 0.251 e. The van der Waals surface area contributed by atoms with Crippen LogP contribution in [0.5, 0.6) is 0 Å². The molecule has 1 aliphatic carbocycles. The average molecular weight is 274 g/mol. The van der Waals surface area contributed by atoms with Gasteiger partial charge in [0.25, 0.3) is 5.91 Å². The lowest BCUT2D eigenvalue weighted by atomic mass is 9.92. The van der Waals surface area contributed by atoms with Crippen LogP contribution in [0.2, 0.25) is 0 Å². The van der Waals surface area contributed by atoms with Crippen LogP contribution in [0.1, 0.15) is 56.0 Å². The lowest BCUT2D eigenvalue weighted by Gasteiger charge is -2.20. The van der Waals surface area contributed by atoms with E-state index in [1.807, 2.05) is 25.1 Å². The molecule has 3 nitrogen and oxygen atoms in total. The molecule has 0 aliphatic heterocycles. The summed E-state index contributed by atoms with van der Waals surface area (Å²) in [4.78, 5) is 11.8. The quantitative estimate of drug-likeness (QED) is 0.878. The summed E-state index contributed by atoms with van der Waals surface area (Å²) in [6, 6.07) is 6.46. The van der Waals surface area contributed by atoms with E-state index in [4.69, 9.17) is 0 Å². The van der Waals surface area contributed by atoms with Crippen molar-refractivity contribution in [2.24, 2.45) is 5.41 Å². The number of rotatable bonds is 4. The summed E-state index contributed by atoms with van der Waals surface area (Å²) in [5, 5.41) is 6.46. The van der Waals surface area contributed by atoms with E-state index in [1.165, 1.54) is 19.3 Å². The van der Waals surface area contributed by atoms with Gasteiger partial charge in [0.15, 0.2) is 0 Å². The van der Waals surface area contributed by atoms with E-state index in [-0.39, 0.29) is 5.91 Å². The van der Waals surface area contributed by atoms with Gasteiger partial charge in [0, 0.05) is 23.8 Å². The highest BCUT2D eigenvalue weighted by Gasteiger charge is 2.30. The number of nitrogens with one attached hydrogen (secondary N) is 2. The predicted molar refractivity (Wildman–Crippen MR) is 84.2 cm³/mol. The van der Waals surface area contributed by atoms with Crippen molar-refractivity contribution < 1.29 is 4.79 Å². The first-order valence-electron chi connectivity index (χ1n) is 7.57. The van der Waals surface area contributed by atoms with Crippen LogP contribution >= 0.6 is 0 Å². The Bertz CT molecular complexity index is 494. The zero-order valence-electron chi connectivity index (χ0n) is 13.0. The molecular formula is C17H26N2O. The highest BCUT2D eigenvalue weighted by molar-refractivity contribution is 5.94. The Morgan fingerprint density at radius 3 is 2.70 bits per heavy atom. The number of carbonyl (C=O) groups excluding carboxylic acids is 1. The van der Waals surface area contributed by atoms with Crippen molar-refractivity contribution >= 4 is 11.6 Å². The van der Waals surface area contributed by atoms with Crippen molar-refractivity contribution in [3.63, 3.8) is 0 Å². The number of hydrogen-bond acceptors (Lipinski definition) is 2. The average Bonchev–Trinajstić information content (AvgIpc) is 2.71. The van der Waals surface area contributed by atoms with E-state index in [2.05, 4.69) is 31.4 Å². The molecule has 1 unspecified atom stereocenters. The third-order valence-electron chi connectivity index (χ3n) is 4.15. The summed E-state index contributed by atoms with van der Waals surface area (Å²) in [5.41, 5.74) is 3.48. The summed E-state index contributed by atoms with van der Waals surface area (Å²) in [6.07, 6.45) is 3.72. The second kappa shape index (κ2) is 5.86. The largest absolute Gasteiger partial charge is 0.382 e. The van der Waals surface area contributed by atoms with E-state index in [9.17, 15) is 4.79 Å². The molecule has 0 aromatic heterocycles. The molecule has 1 aromatic rings. The van der Waals surface area contributed by atoms with Crippen molar-refractivity contribution in [3.05, 3.63) is 29.3 Å². The lowest BCUT2D eigenvalue weighted by Crippen LogP contribution is -2.23. The third kappa shape index (κ3) is 3.53. The molecule has 1 aliphatic rings. The monoisotopic (exact) mass is 274 g/mol. The predicted octanol–water partition coefficient (Wildman–Crippen LogP) is 3.74. The van der Waals surface area contributed by atoms with Crippen LogP contribution in [0.4, 0.5) is 5.69 Å². The van der Waals surface area contributed by atoms with Crippen LogP contribution in [-0.2, 0) is 0 Å². The van der Waals surface area contributed by atoms with Gasteiger partial charge in [0.05, 0.1) is 0 Å². The van der Waals surface area contributed by atoms with Gasteiger partial charge in [-0.3, -0.25) is 4.79 Å². The van der Waals surface area contributed by atoms with Crippen molar-refractivity contribution in [1.82, 2.24) is 5.32 Å². The Hall–Kier alpha value is -1.51. The van der Waals surface area contributed by atoms with Gasteiger partial charge < -0.3 is 10.6 Å². The van der Waals surface area contributed by atoms with Gasteiger partial charge in [0.2, 0.25) is 0 Å². The molecule has 1 aromatic carbocycles. The topological polar surface area (TPSA) is 41.1 Å². The first-order chi connectivity index (χ1) is 9.41. The SMILES string of the molecule is CCNC(=O)c1ccc(NC2CCC(C)(C)C2)c(C)c1. The zero-order valence-corrected chi connectivity index (χ0v) is 13.0. The summed E-state index contributed by atoms with van der Waals surface area (Å²) in [7, 11) is 0. The molecular weight excluding hydrogens is 248 g/mol. The van der Waals surface area contributed by atoms with Crippen LogP contribution in [0, 0.1) is 12.3 Å². The fraction of sp³-hybridized carbons (Fsp3) is 0.588. The molecule has 0 bridgehead atoms. The van der Waals surface area contributed by atoms with E-state index >= 15 is 0 Å². The molecule has 1 amide bonds. The minimum atomic E-state index is 0.00384. The first-order valence-corrected chi connectivity index (χ1v) is 7.57. The van der Waals surface area contributed by atoms with Crippen LogP contribution in [0.25, 0.3) is 0 Å². The molecule has 2 N–H and O–H groups in total. The van der Waals surface area contributed by atoms with E-state index in [1.54, 1.807) is 0 Å². The highest BCUT2D eigenvalue weighted by Crippen LogP contribution is 2.38. The fourth-order valence-electron chi connectivity index (χ4n) is 3.01. The van der Waals surface area contributed by atoms with Gasteiger partial charge in [-0.1, -0.05) is 13.8 Å². The zero-order chi connectivity index (χ0) is 14.8. The molecule has 1 fully saturated rings. The first kappa shape index (κ1) is 14.9. The maximum atomic E-state index is 11.8. The Labute approximate surface area is 122 Å². The summed E-state index contributed by atoms with van der Waals surface area (Å²) in [6.45, 7) is 9.32. The minimum Gasteiger partial charge on any atom is -0.382 e. The highest BCUT2D eigenvalue weighted by atomic mass is 16.1. The molecule has 0 radical (unpaired) electrons. The van der Waals surface area contributed by atoms with Gasteiger partial charge in [-0.2, -0.15) is 0 Å². The Morgan fingerprint density at radius 1 is 1.40 bits per heavy atom. The molecule has 1 saturated carbocycles. The number of aryl methyl sites for hydroxylation is 1. The molecule has 1 atom stereocenters. The van der Waals surface area contributed by atoms with Crippen molar-refractivity contribution in [3.8, 4) is 0 Å². The molecule has 3 heteroatoms. The molecule has 110 valence electrons. The standard InChI is InChI=1S/C17H26N2O/c1-5-18-16(20)13-6-7-15(12(2)10-13)19-14-8-9-17(3,4)11-14/h6-7,10,14,19H,5,8-9,11H2,1-4H3,(H,18,20). The van der Waals surface area contributed by atoms with Crippen LogP contribution in [-0.4, -0.2) is 18.5 Å². The Kier molecular flexibility index (Phi) is 4.36. The molecule has 2 rings (SSSR count). The van der Waals surface area contributed by atoms with Crippen LogP contribution < -0.4 is 10.6 Å². The normalized spacial score (nSPS) is 20.7. The van der Waals surface area contributed by atoms with Crippen molar-refractivity contribution in [2.75, 3.05) is 11.9 Å². The van der Waals surface area contributed by atoms with Gasteiger partial charge >= 0.3 is 0 Å². The number of hydrogen-bond donors (Lipinski definition) is 2. The third-order valence-corrected chi connectivity index (χ3v) is 4.15. The maximum absolute atomic E-state index is 11.8. The number of amides is 1. The van der Waals surface area contributed by atoms with Gasteiger partial charge in [-0.05, 0) is 62.3 Å². The van der Waals surface area contributed by atoms with Crippen LogP contribution in [0.15, 0.2) is 18.2 Å². The molecule has 0 heterocycles. The second-order valence-corrected chi connectivity index (χ2v) is 6.64. The Balaban J connectivity index is 2.05. The van der Waals surface area contributed by atoms with Crippen molar-refractivity contribution in [1.29, 1.82) is 0 Å². The summed E-state index contributed by atoms with van der Waals surface area (Å²) < 4.78 is 0. The van der Waals surface area contributed by atoms with E-state index < -0.39 is 0 Å². The van der Waals surface area contributed by atoms with E-state index in [0.717, 1.165) is 16.8 Å². The number of anilines is 1. The summed E-state index contributed by atoms with van der Waals surface area (Å²) >= 11 is 0. The fourth-order valence-corrected chi connectivity index (χ4v) is 3.01. The van der Waals surface area contributed by atoms with Gasteiger partial charge in [0.1, 0.15) is 0 Å². The second-order valence-electron chi connectivity index (χ2n) is 6.64. The molecule has 0 spiro atoms. The van der Waals surface area contributed by atoms with Crippen LogP contribution in [0.3, 0.4) is 0 Å². The molecule has 20 heavy (non-hydrogen) atoms. The van der Waals surface area contributed by atoms with Crippen molar-refractivity contribution in [2.45, 2.75) is 53.0 Å². The lowest BCUT2D eigenvalue weighted by molar-refractivity contribution is 0.0956. The number of carbonyl (C=O) groups is 1. The minimum absolute atomic E-state index is 0.00384. The van der Waals surface area contributed by atoms with Gasteiger partial charge in [-0.15, -0.1) is 0 Å².